The highest BCUT2D eigenvalue weighted by molar-refractivity contribution is 5.97. The number of carbonyl (C=O) groups excluding carboxylic acids is 2. The Labute approximate surface area is 193 Å². The van der Waals surface area contributed by atoms with Crippen molar-refractivity contribution in [1.82, 2.24) is 15.1 Å². The van der Waals surface area contributed by atoms with Crippen molar-refractivity contribution in [2.75, 3.05) is 44.6 Å². The molecule has 1 fully saturated rings. The fourth-order valence-corrected chi connectivity index (χ4v) is 3.89. The Morgan fingerprint density at radius 1 is 1.15 bits per heavy atom. The van der Waals surface area contributed by atoms with Crippen molar-refractivity contribution in [1.29, 1.82) is 0 Å². The summed E-state index contributed by atoms with van der Waals surface area (Å²) in [6.45, 7) is 8.50. The minimum atomic E-state index is -0.608. The fourth-order valence-electron chi connectivity index (χ4n) is 3.89. The van der Waals surface area contributed by atoms with Gasteiger partial charge in [0.15, 0.2) is 0 Å². The molecule has 9 nitrogen and oxygen atoms in total. The summed E-state index contributed by atoms with van der Waals surface area (Å²) in [5.74, 6) is -0.391. The lowest BCUT2D eigenvalue weighted by Gasteiger charge is -2.38. The average molecular weight is 452 g/mol. The molecule has 0 aromatic heterocycles. The zero-order chi connectivity index (χ0) is 23.8. The van der Waals surface area contributed by atoms with E-state index in [-0.39, 0.29) is 23.2 Å². The third-order valence-electron chi connectivity index (χ3n) is 5.55. The van der Waals surface area contributed by atoms with Crippen molar-refractivity contribution in [3.05, 3.63) is 82.4 Å². The molecule has 0 saturated carbocycles. The maximum absolute atomic E-state index is 13.4. The van der Waals surface area contributed by atoms with Gasteiger partial charge in [-0.15, -0.1) is 6.58 Å². The molecule has 9 heteroatoms. The first-order valence-electron chi connectivity index (χ1n) is 10.8. The van der Waals surface area contributed by atoms with Crippen LogP contribution in [-0.2, 0) is 9.59 Å². The number of rotatable bonds is 9. The highest BCUT2D eigenvalue weighted by atomic mass is 16.6. The van der Waals surface area contributed by atoms with Gasteiger partial charge in [-0.3, -0.25) is 29.5 Å². The van der Waals surface area contributed by atoms with Crippen molar-refractivity contribution in [2.24, 2.45) is 0 Å². The van der Waals surface area contributed by atoms with E-state index in [0.717, 1.165) is 11.1 Å². The predicted molar refractivity (Wildman–Crippen MR) is 127 cm³/mol. The van der Waals surface area contributed by atoms with Crippen LogP contribution in [0, 0.1) is 17.0 Å². The van der Waals surface area contributed by atoms with Crippen molar-refractivity contribution in [3.8, 4) is 0 Å². The molecule has 1 atom stereocenters. The molecule has 0 bridgehead atoms. The number of hydrogen-bond acceptors (Lipinski definition) is 6. The second-order valence-electron chi connectivity index (χ2n) is 7.99. The second-order valence-corrected chi connectivity index (χ2v) is 7.99. The predicted octanol–water partition coefficient (Wildman–Crippen LogP) is 2.50. The van der Waals surface area contributed by atoms with Crippen LogP contribution in [0.4, 0.5) is 11.4 Å². The largest absolute Gasteiger partial charge is 0.352 e. The summed E-state index contributed by atoms with van der Waals surface area (Å²) in [5.41, 5.74) is 1.59. The molecule has 1 aliphatic rings. The molecule has 1 aliphatic heterocycles. The number of amides is 2. The standard InChI is InChI=1S/C24H29N5O4/c1-3-11-25-22(30)17-27-12-14-28(15-13-27)23(19-7-5-4-6-8-19)24(31)26-20-10-9-18(2)16-21(20)29(32)33/h3-10,16,23H,1,11-15,17H2,2H3,(H,25,30)(H,26,31). The van der Waals surface area contributed by atoms with Crippen LogP contribution >= 0.6 is 0 Å². The molecule has 2 amide bonds. The molecule has 33 heavy (non-hydrogen) atoms. The van der Waals surface area contributed by atoms with Crippen LogP contribution in [0.5, 0.6) is 0 Å². The molecule has 2 N–H and O–H groups in total. The number of nitrogens with zero attached hydrogens (tertiary/aromatic N) is 3. The number of nitrogens with one attached hydrogen (secondary N) is 2. The van der Waals surface area contributed by atoms with E-state index >= 15 is 0 Å². The Kier molecular flexibility index (Phi) is 8.28. The average Bonchev–Trinajstić information content (AvgIpc) is 2.80. The summed E-state index contributed by atoms with van der Waals surface area (Å²) in [5, 5.41) is 17.0. The highest BCUT2D eigenvalue weighted by Crippen LogP contribution is 2.29. The summed E-state index contributed by atoms with van der Waals surface area (Å²) < 4.78 is 0. The van der Waals surface area contributed by atoms with E-state index < -0.39 is 11.0 Å². The summed E-state index contributed by atoms with van der Waals surface area (Å²) in [4.78, 5) is 40.5. The van der Waals surface area contributed by atoms with Gasteiger partial charge in [0.1, 0.15) is 11.7 Å². The van der Waals surface area contributed by atoms with Crippen molar-refractivity contribution < 1.29 is 14.5 Å². The molecule has 0 aliphatic carbocycles. The Balaban J connectivity index is 1.74. The smallest absolute Gasteiger partial charge is 0.293 e. The number of piperazine rings is 1. The Hall–Kier alpha value is -3.56. The summed E-state index contributed by atoms with van der Waals surface area (Å²) in [6.07, 6.45) is 1.64. The first-order chi connectivity index (χ1) is 15.9. The highest BCUT2D eigenvalue weighted by Gasteiger charge is 2.32. The number of carbonyl (C=O) groups is 2. The van der Waals surface area contributed by atoms with Crippen LogP contribution in [-0.4, -0.2) is 65.8 Å². The quantitative estimate of drug-likeness (QED) is 0.345. The Morgan fingerprint density at radius 3 is 2.48 bits per heavy atom. The third kappa shape index (κ3) is 6.47. The van der Waals surface area contributed by atoms with Crippen LogP contribution < -0.4 is 10.6 Å². The van der Waals surface area contributed by atoms with Gasteiger partial charge < -0.3 is 10.6 Å². The lowest BCUT2D eigenvalue weighted by atomic mass is 10.0. The van der Waals surface area contributed by atoms with E-state index in [1.54, 1.807) is 25.1 Å². The van der Waals surface area contributed by atoms with Gasteiger partial charge in [-0.05, 0) is 24.1 Å². The van der Waals surface area contributed by atoms with Gasteiger partial charge in [0.2, 0.25) is 11.8 Å². The fraction of sp³-hybridized carbons (Fsp3) is 0.333. The van der Waals surface area contributed by atoms with E-state index in [1.807, 2.05) is 40.1 Å². The van der Waals surface area contributed by atoms with Gasteiger partial charge >= 0.3 is 0 Å². The molecular weight excluding hydrogens is 422 g/mol. The molecule has 1 saturated heterocycles. The SMILES string of the molecule is C=CCNC(=O)CN1CCN(C(C(=O)Nc2ccc(C)cc2[N+](=O)[O-])c2ccccc2)CC1. The number of aryl methyl sites for hydroxylation is 1. The maximum atomic E-state index is 13.4. The number of anilines is 1. The molecular formula is C24H29N5O4. The van der Waals surface area contributed by atoms with Crippen molar-refractivity contribution >= 4 is 23.2 Å². The lowest BCUT2D eigenvalue weighted by Crippen LogP contribution is -2.52. The minimum absolute atomic E-state index is 0.0626. The molecule has 0 radical (unpaired) electrons. The summed E-state index contributed by atoms with van der Waals surface area (Å²) in [6, 6.07) is 13.5. The molecule has 3 rings (SSSR count). The first kappa shape index (κ1) is 24.1. The topological polar surface area (TPSA) is 108 Å². The van der Waals surface area contributed by atoms with E-state index in [9.17, 15) is 19.7 Å². The molecule has 0 spiro atoms. The van der Waals surface area contributed by atoms with Gasteiger partial charge in [-0.25, -0.2) is 0 Å². The van der Waals surface area contributed by atoms with Crippen LogP contribution in [0.3, 0.4) is 0 Å². The molecule has 1 unspecified atom stereocenters. The summed E-state index contributed by atoms with van der Waals surface area (Å²) in [7, 11) is 0. The van der Waals surface area contributed by atoms with Gasteiger partial charge in [-0.2, -0.15) is 0 Å². The van der Waals surface area contributed by atoms with Crippen LogP contribution in [0.1, 0.15) is 17.2 Å². The minimum Gasteiger partial charge on any atom is -0.352 e. The zero-order valence-corrected chi connectivity index (χ0v) is 18.7. The molecule has 2 aromatic rings. The van der Waals surface area contributed by atoms with E-state index in [2.05, 4.69) is 17.2 Å². The Bertz CT molecular complexity index is 1000. The van der Waals surface area contributed by atoms with E-state index in [1.165, 1.54) is 6.07 Å². The normalized spacial score (nSPS) is 15.4. The van der Waals surface area contributed by atoms with E-state index in [0.29, 0.717) is 39.3 Å². The monoisotopic (exact) mass is 451 g/mol. The van der Waals surface area contributed by atoms with Gasteiger partial charge in [0.05, 0.1) is 11.5 Å². The number of benzene rings is 2. The second kappa shape index (κ2) is 11.3. The van der Waals surface area contributed by atoms with Crippen molar-refractivity contribution in [2.45, 2.75) is 13.0 Å². The number of nitro benzene ring substituents is 1. The van der Waals surface area contributed by atoms with Crippen LogP contribution in [0.25, 0.3) is 0 Å². The zero-order valence-electron chi connectivity index (χ0n) is 18.7. The van der Waals surface area contributed by atoms with Gasteiger partial charge in [-0.1, -0.05) is 42.5 Å². The molecule has 1 heterocycles. The molecule has 174 valence electrons. The van der Waals surface area contributed by atoms with Gasteiger partial charge in [0, 0.05) is 38.8 Å². The maximum Gasteiger partial charge on any atom is 0.293 e. The summed E-state index contributed by atoms with van der Waals surface area (Å²) >= 11 is 0. The number of nitro groups is 1. The Morgan fingerprint density at radius 2 is 1.85 bits per heavy atom. The van der Waals surface area contributed by atoms with Gasteiger partial charge in [0.25, 0.3) is 5.69 Å². The van der Waals surface area contributed by atoms with Crippen molar-refractivity contribution in [3.63, 3.8) is 0 Å². The number of hydrogen-bond donors (Lipinski definition) is 2. The lowest BCUT2D eigenvalue weighted by molar-refractivity contribution is -0.384. The third-order valence-corrected chi connectivity index (χ3v) is 5.55. The van der Waals surface area contributed by atoms with Crippen LogP contribution in [0.15, 0.2) is 61.2 Å². The van der Waals surface area contributed by atoms with E-state index in [4.69, 9.17) is 0 Å². The first-order valence-corrected chi connectivity index (χ1v) is 10.8. The van der Waals surface area contributed by atoms with Crippen LogP contribution in [0.2, 0.25) is 0 Å². The molecule has 2 aromatic carbocycles.